The van der Waals surface area contributed by atoms with Crippen molar-refractivity contribution in [3.05, 3.63) is 48.3 Å². The first-order valence-electron chi connectivity index (χ1n) is 12.0. The standard InChI is InChI=1S/C26H31NO5/c28-24(29)31-25-30-23-12-11-19(18-13-15-27-16-14-18)17-22(23)26(32-25,20-7-3-1-4-8-20)21-9-5-2-6-10-21/h11-17,20-21,25H,1-10H2,(H,28,29). The molecule has 5 rings (SSSR count). The fraction of sp³-hybridized carbons (Fsp3) is 0.538. The Labute approximate surface area is 188 Å². The predicted molar refractivity (Wildman–Crippen MR) is 119 cm³/mol. The number of benzene rings is 1. The molecule has 2 aromatic rings. The predicted octanol–water partition coefficient (Wildman–Crippen LogP) is 6.49. The van der Waals surface area contributed by atoms with Crippen molar-refractivity contribution >= 4 is 6.16 Å². The fourth-order valence-corrected chi connectivity index (χ4v) is 6.17. The van der Waals surface area contributed by atoms with Gasteiger partial charge in [-0.2, -0.15) is 0 Å². The summed E-state index contributed by atoms with van der Waals surface area (Å²) in [4.78, 5) is 15.5. The van der Waals surface area contributed by atoms with E-state index in [9.17, 15) is 9.90 Å². The van der Waals surface area contributed by atoms with E-state index in [2.05, 4.69) is 11.1 Å². The first kappa shape index (κ1) is 21.3. The summed E-state index contributed by atoms with van der Waals surface area (Å²) in [7, 11) is 0. The maximum absolute atomic E-state index is 11.4. The summed E-state index contributed by atoms with van der Waals surface area (Å²) >= 11 is 0. The normalized spacial score (nSPS) is 23.7. The summed E-state index contributed by atoms with van der Waals surface area (Å²) in [5.41, 5.74) is 2.63. The van der Waals surface area contributed by atoms with Crippen molar-refractivity contribution in [2.45, 2.75) is 76.3 Å². The molecule has 2 saturated carbocycles. The van der Waals surface area contributed by atoms with Gasteiger partial charge < -0.3 is 14.6 Å². The van der Waals surface area contributed by atoms with E-state index in [-0.39, 0.29) is 0 Å². The quantitative estimate of drug-likeness (QED) is 0.551. The Morgan fingerprint density at radius 1 is 0.906 bits per heavy atom. The van der Waals surface area contributed by atoms with Crippen LogP contribution in [0.1, 0.15) is 69.8 Å². The van der Waals surface area contributed by atoms with Crippen LogP contribution in [0, 0.1) is 11.8 Å². The fourth-order valence-electron chi connectivity index (χ4n) is 6.17. The molecule has 0 amide bonds. The summed E-state index contributed by atoms with van der Waals surface area (Å²) < 4.78 is 17.6. The lowest BCUT2D eigenvalue weighted by atomic mass is 9.62. The highest BCUT2D eigenvalue weighted by Gasteiger charge is 2.54. The molecule has 0 bridgehead atoms. The van der Waals surface area contributed by atoms with Crippen LogP contribution in [0.3, 0.4) is 0 Å². The summed E-state index contributed by atoms with van der Waals surface area (Å²) in [5, 5.41) is 9.31. The molecule has 6 nitrogen and oxygen atoms in total. The average Bonchev–Trinajstić information content (AvgIpc) is 2.84. The molecule has 1 N–H and O–H groups in total. The smallest absolute Gasteiger partial charge is 0.450 e. The molecule has 1 aromatic heterocycles. The second kappa shape index (κ2) is 9.10. The molecule has 6 heteroatoms. The summed E-state index contributed by atoms with van der Waals surface area (Å²) in [6.45, 7) is -1.24. The largest absolute Gasteiger partial charge is 0.510 e. The van der Waals surface area contributed by atoms with Crippen molar-refractivity contribution in [1.29, 1.82) is 0 Å². The van der Waals surface area contributed by atoms with Crippen LogP contribution < -0.4 is 4.74 Å². The third-order valence-electron chi connectivity index (χ3n) is 7.55. The number of fused-ring (bicyclic) bond motifs is 1. The van der Waals surface area contributed by atoms with Crippen LogP contribution in [-0.2, 0) is 15.1 Å². The Morgan fingerprint density at radius 3 is 2.12 bits per heavy atom. The molecule has 1 aliphatic heterocycles. The van der Waals surface area contributed by atoms with Crippen LogP contribution in [0.5, 0.6) is 5.75 Å². The van der Waals surface area contributed by atoms with E-state index in [4.69, 9.17) is 14.2 Å². The van der Waals surface area contributed by atoms with Gasteiger partial charge in [0.1, 0.15) is 11.4 Å². The first-order valence-corrected chi connectivity index (χ1v) is 12.0. The Hall–Kier alpha value is -2.60. The van der Waals surface area contributed by atoms with Crippen LogP contribution in [0.2, 0.25) is 0 Å². The van der Waals surface area contributed by atoms with E-state index >= 15 is 0 Å². The highest BCUT2D eigenvalue weighted by atomic mass is 16.9. The van der Waals surface area contributed by atoms with Gasteiger partial charge in [0.25, 0.3) is 0 Å². The number of carboxylic acid groups (broad SMARTS) is 1. The Balaban J connectivity index is 1.66. The van der Waals surface area contributed by atoms with Gasteiger partial charge in [0, 0.05) is 18.0 Å². The molecule has 1 aromatic carbocycles. The zero-order valence-corrected chi connectivity index (χ0v) is 18.4. The molecular formula is C26H31NO5. The van der Waals surface area contributed by atoms with Crippen LogP contribution in [0.15, 0.2) is 42.7 Å². The number of hydrogen-bond donors (Lipinski definition) is 1. The van der Waals surface area contributed by atoms with Gasteiger partial charge in [0.15, 0.2) is 0 Å². The van der Waals surface area contributed by atoms with E-state index in [1.54, 1.807) is 12.4 Å². The van der Waals surface area contributed by atoms with Crippen molar-refractivity contribution in [2.75, 3.05) is 0 Å². The lowest BCUT2D eigenvalue weighted by molar-refractivity contribution is -0.324. The Kier molecular flexibility index (Phi) is 6.05. The van der Waals surface area contributed by atoms with Gasteiger partial charge in [-0.25, -0.2) is 4.79 Å². The molecule has 1 unspecified atom stereocenters. The number of ether oxygens (including phenoxy) is 3. The van der Waals surface area contributed by atoms with Crippen molar-refractivity contribution in [3.63, 3.8) is 0 Å². The molecule has 32 heavy (non-hydrogen) atoms. The maximum atomic E-state index is 11.4. The van der Waals surface area contributed by atoms with Gasteiger partial charge in [0.05, 0.1) is 0 Å². The summed E-state index contributed by atoms with van der Waals surface area (Å²) in [5.74, 6) is 1.31. The minimum absolute atomic E-state index is 0.314. The number of carbonyl (C=O) groups is 1. The van der Waals surface area contributed by atoms with Gasteiger partial charge in [-0.1, -0.05) is 44.6 Å². The zero-order chi connectivity index (χ0) is 22.0. The minimum atomic E-state index is -1.38. The Morgan fingerprint density at radius 2 is 1.53 bits per heavy atom. The van der Waals surface area contributed by atoms with E-state index in [0.29, 0.717) is 17.6 Å². The van der Waals surface area contributed by atoms with Gasteiger partial charge in [0.2, 0.25) is 0 Å². The molecular weight excluding hydrogens is 406 g/mol. The number of pyridine rings is 1. The third-order valence-corrected chi connectivity index (χ3v) is 7.55. The second-order valence-electron chi connectivity index (χ2n) is 9.32. The van der Waals surface area contributed by atoms with Crippen molar-refractivity contribution in [2.24, 2.45) is 11.8 Å². The van der Waals surface area contributed by atoms with E-state index in [1.165, 1.54) is 38.5 Å². The first-order chi connectivity index (χ1) is 15.7. The molecule has 2 fully saturated rings. The van der Waals surface area contributed by atoms with Crippen LogP contribution in [0.4, 0.5) is 4.79 Å². The highest BCUT2D eigenvalue weighted by Crippen LogP contribution is 2.56. The minimum Gasteiger partial charge on any atom is -0.450 e. The van der Waals surface area contributed by atoms with Gasteiger partial charge in [-0.3, -0.25) is 9.72 Å². The molecule has 0 spiro atoms. The lowest BCUT2D eigenvalue weighted by Crippen LogP contribution is -2.53. The topological polar surface area (TPSA) is 77.9 Å². The molecule has 0 saturated heterocycles. The van der Waals surface area contributed by atoms with Gasteiger partial charge in [-0.05, 0) is 72.9 Å². The monoisotopic (exact) mass is 437 g/mol. The number of hydrogen-bond acceptors (Lipinski definition) is 5. The SMILES string of the molecule is O=C(O)OC1Oc2ccc(-c3ccncc3)cc2C(C2CCCCC2)(C2CCCCC2)O1. The summed E-state index contributed by atoms with van der Waals surface area (Å²) in [6, 6.07) is 10.2. The third kappa shape index (κ3) is 3.96. The average molecular weight is 438 g/mol. The zero-order valence-electron chi connectivity index (χ0n) is 18.4. The molecule has 2 heterocycles. The van der Waals surface area contributed by atoms with Crippen molar-refractivity contribution in [1.82, 2.24) is 4.98 Å². The van der Waals surface area contributed by atoms with Crippen LogP contribution in [0.25, 0.3) is 11.1 Å². The lowest BCUT2D eigenvalue weighted by Gasteiger charge is -2.52. The van der Waals surface area contributed by atoms with Gasteiger partial charge in [-0.15, -0.1) is 0 Å². The highest BCUT2D eigenvalue weighted by molar-refractivity contribution is 5.66. The second-order valence-corrected chi connectivity index (χ2v) is 9.32. The van der Waals surface area contributed by atoms with Crippen molar-refractivity contribution < 1.29 is 24.1 Å². The maximum Gasteiger partial charge on any atom is 0.510 e. The molecule has 0 radical (unpaired) electrons. The Bertz CT molecular complexity index is 916. The molecule has 1 atom stereocenters. The van der Waals surface area contributed by atoms with E-state index in [0.717, 1.165) is 42.4 Å². The van der Waals surface area contributed by atoms with E-state index in [1.807, 2.05) is 24.3 Å². The molecule has 3 aliphatic rings. The number of aromatic nitrogens is 1. The molecule has 2 aliphatic carbocycles. The van der Waals surface area contributed by atoms with Crippen molar-refractivity contribution in [3.8, 4) is 16.9 Å². The molecule has 170 valence electrons. The number of rotatable bonds is 4. The van der Waals surface area contributed by atoms with Crippen LogP contribution in [-0.4, -0.2) is 22.7 Å². The van der Waals surface area contributed by atoms with Crippen LogP contribution >= 0.6 is 0 Å². The van der Waals surface area contributed by atoms with Gasteiger partial charge >= 0.3 is 12.6 Å². The number of nitrogens with zero attached hydrogens (tertiary/aromatic N) is 1. The summed E-state index contributed by atoms with van der Waals surface area (Å²) in [6.07, 6.45) is 13.7. The van der Waals surface area contributed by atoms with E-state index < -0.39 is 18.2 Å².